The van der Waals surface area contributed by atoms with Crippen molar-refractivity contribution in [2.45, 2.75) is 82.8 Å². The third kappa shape index (κ3) is 10.2. The molecule has 1 unspecified atom stereocenters. The number of benzene rings is 3. The Bertz CT molecular complexity index is 2510. The maximum Gasteiger partial charge on any atom is 0.264 e. The van der Waals surface area contributed by atoms with Gasteiger partial charge in [-0.05, 0) is 110 Å². The first-order valence-electron chi connectivity index (χ1n) is 23.8. The molecule has 5 aliphatic rings. The fourth-order valence-electron chi connectivity index (χ4n) is 10.5. The van der Waals surface area contributed by atoms with E-state index >= 15 is 0 Å². The zero-order chi connectivity index (χ0) is 46.6. The molecule has 3 saturated heterocycles. The summed E-state index contributed by atoms with van der Waals surface area (Å²) in [5.41, 5.74) is 3.92. The van der Waals surface area contributed by atoms with E-state index in [1.807, 2.05) is 48.2 Å². The number of ether oxygens (including phenoxy) is 2. The van der Waals surface area contributed by atoms with Gasteiger partial charge in [0.05, 0.1) is 42.0 Å². The molecule has 4 aromatic rings. The van der Waals surface area contributed by atoms with E-state index < -0.39 is 29.7 Å². The highest BCUT2D eigenvalue weighted by Gasteiger charge is 2.46. The first-order chi connectivity index (χ1) is 32.5. The van der Waals surface area contributed by atoms with Crippen molar-refractivity contribution >= 4 is 57.7 Å². The van der Waals surface area contributed by atoms with Crippen LogP contribution >= 0.6 is 0 Å². The lowest BCUT2D eigenvalue weighted by molar-refractivity contribution is -0.136. The highest BCUT2D eigenvalue weighted by molar-refractivity contribution is 6.25. The Kier molecular flexibility index (Phi) is 13.9. The fraction of sp³-hybridized carbons (Fsp3) is 0.471. The van der Waals surface area contributed by atoms with Crippen molar-refractivity contribution in [3.8, 4) is 5.75 Å². The summed E-state index contributed by atoms with van der Waals surface area (Å²) in [7, 11) is 0. The van der Waals surface area contributed by atoms with Crippen molar-refractivity contribution in [1.29, 1.82) is 0 Å². The molecule has 0 spiro atoms. The predicted octanol–water partition coefficient (Wildman–Crippen LogP) is 5.92. The summed E-state index contributed by atoms with van der Waals surface area (Å²) in [6.45, 7) is 7.46. The van der Waals surface area contributed by atoms with Gasteiger partial charge in [-0.1, -0.05) is 13.0 Å². The number of piperidine rings is 2. The number of hydrogen-bond donors (Lipinski definition) is 2. The second-order valence-corrected chi connectivity index (χ2v) is 18.5. The molecule has 4 fully saturated rings. The van der Waals surface area contributed by atoms with E-state index in [-0.39, 0.29) is 54.0 Å². The van der Waals surface area contributed by atoms with Gasteiger partial charge >= 0.3 is 0 Å². The normalized spacial score (nSPS) is 22.2. The molecule has 0 bridgehead atoms. The van der Waals surface area contributed by atoms with Gasteiger partial charge in [-0.15, -0.1) is 0 Å². The molecule has 2 N–H and O–H groups in total. The summed E-state index contributed by atoms with van der Waals surface area (Å²) < 4.78 is 26.2. The van der Waals surface area contributed by atoms with Gasteiger partial charge in [-0.3, -0.25) is 48.9 Å². The lowest BCUT2D eigenvalue weighted by Gasteiger charge is -2.36. The van der Waals surface area contributed by atoms with Crippen LogP contribution in [0.25, 0.3) is 10.9 Å². The van der Waals surface area contributed by atoms with E-state index in [9.17, 15) is 33.2 Å². The Morgan fingerprint density at radius 2 is 1.61 bits per heavy atom. The van der Waals surface area contributed by atoms with E-state index in [4.69, 9.17) is 9.47 Å². The number of nitrogens with zero attached hydrogens (tertiary/aromatic N) is 5. The quantitative estimate of drug-likeness (QED) is 0.114. The molecule has 352 valence electrons. The van der Waals surface area contributed by atoms with Gasteiger partial charge in [0, 0.05) is 88.3 Å². The third-order valence-electron chi connectivity index (χ3n) is 14.5. The molecule has 5 heterocycles. The molecule has 6 amide bonds. The number of amides is 6. The van der Waals surface area contributed by atoms with Crippen molar-refractivity contribution in [3.05, 3.63) is 95.4 Å². The van der Waals surface area contributed by atoms with Crippen LogP contribution in [0.15, 0.2) is 72.9 Å². The first-order valence-corrected chi connectivity index (χ1v) is 23.8. The van der Waals surface area contributed by atoms with Gasteiger partial charge in [0.1, 0.15) is 23.7 Å². The van der Waals surface area contributed by atoms with Crippen LogP contribution in [-0.2, 0) is 23.9 Å². The Morgan fingerprint density at radius 3 is 2.36 bits per heavy atom. The van der Waals surface area contributed by atoms with Crippen molar-refractivity contribution < 1.29 is 42.6 Å². The monoisotopic (exact) mass is 915 g/mol. The largest absolute Gasteiger partial charge is 0.490 e. The zero-order valence-corrected chi connectivity index (χ0v) is 37.9. The lowest BCUT2D eigenvalue weighted by Crippen LogP contribution is -2.54. The smallest absolute Gasteiger partial charge is 0.264 e. The highest BCUT2D eigenvalue weighted by atomic mass is 19.1. The number of likely N-dealkylation sites (tertiary alicyclic amines) is 1. The number of halogens is 1. The third-order valence-corrected chi connectivity index (χ3v) is 14.5. The van der Waals surface area contributed by atoms with Gasteiger partial charge in [0.15, 0.2) is 0 Å². The van der Waals surface area contributed by atoms with Crippen LogP contribution in [0.4, 0.5) is 15.8 Å². The molecule has 4 aliphatic heterocycles. The molecule has 67 heavy (non-hydrogen) atoms. The number of pyridine rings is 1. The molecular formula is C51H58FN7O8. The van der Waals surface area contributed by atoms with Crippen LogP contribution in [-0.4, -0.2) is 126 Å². The molecule has 3 aromatic carbocycles. The van der Waals surface area contributed by atoms with E-state index in [1.165, 1.54) is 6.07 Å². The number of carbonyl (C=O) groups is 6. The van der Waals surface area contributed by atoms with E-state index in [0.29, 0.717) is 69.5 Å². The number of anilines is 2. The molecule has 16 heteroatoms. The zero-order valence-electron chi connectivity index (χ0n) is 37.9. The fourth-order valence-corrected chi connectivity index (χ4v) is 10.5. The number of piperazine rings is 1. The van der Waals surface area contributed by atoms with Gasteiger partial charge in [-0.25, -0.2) is 4.39 Å². The van der Waals surface area contributed by atoms with Crippen molar-refractivity contribution in [1.82, 2.24) is 25.0 Å². The van der Waals surface area contributed by atoms with Crippen molar-refractivity contribution in [2.75, 3.05) is 69.2 Å². The summed E-state index contributed by atoms with van der Waals surface area (Å²) in [5.74, 6) is -1.07. The number of rotatable bonds is 14. The molecular weight excluding hydrogens is 858 g/mol. The summed E-state index contributed by atoms with van der Waals surface area (Å²) in [4.78, 5) is 89.0. The van der Waals surface area contributed by atoms with E-state index in [1.54, 1.807) is 30.5 Å². The number of nitrogens with one attached hydrogen (secondary N) is 2. The second kappa shape index (κ2) is 20.3. The van der Waals surface area contributed by atoms with Crippen molar-refractivity contribution in [2.24, 2.45) is 11.8 Å². The standard InChI is InChI=1S/C51H58FN7O8/c1-32(33-5-7-34(8-6-33)39-17-21-53-42-14-9-35(52)31-41(39)42)48(62)54-36-10-12-37(13-11-36)67-38-18-22-58(23-19-38)46(61)20-29-66-30-28-56-24-26-57(27-25-56)43-4-2-3-40-47(43)51(65)59(50(40)64)44-15-16-45(60)55-49(44)63/h2-4,9-14,17,21,31-34,38,44H,5-8,15-16,18-20,22-30H2,1H3,(H,54,62)(H,55,60,63)/t32-,33-,34+,44?/m1/s1. The minimum Gasteiger partial charge on any atom is -0.490 e. The Labute approximate surface area is 389 Å². The van der Waals surface area contributed by atoms with Gasteiger partial charge in [-0.2, -0.15) is 0 Å². The summed E-state index contributed by atoms with van der Waals surface area (Å²) in [6, 6.07) is 18.4. The molecule has 1 aromatic heterocycles. The predicted molar refractivity (Wildman–Crippen MR) is 248 cm³/mol. The van der Waals surface area contributed by atoms with E-state index in [0.717, 1.165) is 84.4 Å². The number of imide groups is 2. The molecule has 1 aliphatic carbocycles. The Balaban J connectivity index is 0.642. The van der Waals surface area contributed by atoms with E-state index in [2.05, 4.69) is 25.4 Å². The first kappa shape index (κ1) is 45.9. The van der Waals surface area contributed by atoms with Gasteiger partial charge < -0.3 is 24.6 Å². The van der Waals surface area contributed by atoms with Crippen LogP contribution in [0.5, 0.6) is 5.75 Å². The average molecular weight is 916 g/mol. The molecule has 1 saturated carbocycles. The topological polar surface area (TPSA) is 171 Å². The SMILES string of the molecule is C[C@@H](C(=O)Nc1ccc(OC2CCN(C(=O)CCOCCN3CCN(c4cccc5c4C(=O)N(C4CCC(=O)NC4=O)C5=O)CC3)CC2)cc1)[C@H]1CC[C@@H](c2ccnc3ccc(F)cc32)CC1. The van der Waals surface area contributed by atoms with Crippen LogP contribution < -0.4 is 20.3 Å². The Morgan fingerprint density at radius 1 is 0.851 bits per heavy atom. The molecule has 0 radical (unpaired) electrons. The molecule has 2 atom stereocenters. The molecule has 9 rings (SSSR count). The lowest BCUT2D eigenvalue weighted by atomic mass is 9.73. The summed E-state index contributed by atoms with van der Waals surface area (Å²) >= 11 is 0. The van der Waals surface area contributed by atoms with Crippen molar-refractivity contribution in [3.63, 3.8) is 0 Å². The number of hydrogen-bond acceptors (Lipinski definition) is 11. The minimum atomic E-state index is -1.01. The maximum absolute atomic E-state index is 14.1. The minimum absolute atomic E-state index is 0.00249. The van der Waals surface area contributed by atoms with Crippen LogP contribution in [0.1, 0.15) is 96.9 Å². The van der Waals surface area contributed by atoms with Crippen LogP contribution in [0, 0.1) is 17.7 Å². The number of fused-ring (bicyclic) bond motifs is 2. The van der Waals surface area contributed by atoms with Crippen LogP contribution in [0.2, 0.25) is 0 Å². The number of carbonyl (C=O) groups excluding carboxylic acids is 6. The maximum atomic E-state index is 14.1. The van der Waals surface area contributed by atoms with Crippen LogP contribution in [0.3, 0.4) is 0 Å². The highest BCUT2D eigenvalue weighted by Crippen LogP contribution is 2.41. The second-order valence-electron chi connectivity index (χ2n) is 18.5. The molecule has 15 nitrogen and oxygen atoms in total. The summed E-state index contributed by atoms with van der Waals surface area (Å²) in [6.07, 6.45) is 7.47. The summed E-state index contributed by atoms with van der Waals surface area (Å²) in [5, 5.41) is 6.21. The average Bonchev–Trinajstić information content (AvgIpc) is 3.60. The van der Waals surface area contributed by atoms with Gasteiger partial charge in [0.2, 0.25) is 23.6 Å². The van der Waals surface area contributed by atoms with Gasteiger partial charge in [0.25, 0.3) is 11.8 Å². The Hall–Kier alpha value is -6.26. The number of aromatic nitrogens is 1.